The van der Waals surface area contributed by atoms with Crippen molar-refractivity contribution < 1.29 is 4.79 Å². The maximum Gasteiger partial charge on any atom is 0.230 e. The Balaban J connectivity index is 1.67. The first-order valence-corrected chi connectivity index (χ1v) is 10.3. The largest absolute Gasteiger partial charge is 0.309 e. The van der Waals surface area contributed by atoms with Gasteiger partial charge in [0.1, 0.15) is 0 Å². The van der Waals surface area contributed by atoms with E-state index in [1.807, 2.05) is 39.8 Å². The number of nitrogens with one attached hydrogen (secondary N) is 1. The maximum atomic E-state index is 12.6. The summed E-state index contributed by atoms with van der Waals surface area (Å²) in [5.74, 6) is 0.0546. The molecule has 0 aliphatic carbocycles. The fourth-order valence-corrected chi connectivity index (χ4v) is 3.59. The van der Waals surface area contributed by atoms with Gasteiger partial charge in [-0.25, -0.2) is 0 Å². The molecule has 3 rings (SSSR count). The van der Waals surface area contributed by atoms with Crippen LogP contribution in [0.15, 0.2) is 24.3 Å². The first kappa shape index (κ1) is 21.7. The van der Waals surface area contributed by atoms with Gasteiger partial charge in [-0.05, 0) is 38.5 Å². The number of amides is 1. The fourth-order valence-electron chi connectivity index (χ4n) is 2.99. The van der Waals surface area contributed by atoms with Crippen molar-refractivity contribution in [2.24, 2.45) is 5.92 Å². The minimum absolute atomic E-state index is 0.136. The molecule has 0 radical (unpaired) electrons. The van der Waals surface area contributed by atoms with Crippen LogP contribution in [0, 0.1) is 26.7 Å². The summed E-state index contributed by atoms with van der Waals surface area (Å²) < 4.78 is 3.55. The molecule has 2 heterocycles. The van der Waals surface area contributed by atoms with Crippen molar-refractivity contribution in [2.45, 2.75) is 40.8 Å². The van der Waals surface area contributed by atoms with E-state index >= 15 is 0 Å². The van der Waals surface area contributed by atoms with Crippen molar-refractivity contribution >= 4 is 46.5 Å². The number of hydrogen-bond donors (Lipinski definition) is 1. The highest BCUT2D eigenvalue weighted by Crippen LogP contribution is 2.23. The highest BCUT2D eigenvalue weighted by Gasteiger charge is 2.19. The Morgan fingerprint density at radius 1 is 1.10 bits per heavy atom. The SMILES string of the molecule is Cc1nn(CC(C)C(=O)Nc2cc(C)n(Cc3ccc(Cl)cc3Cl)n2)c(C)c1Cl. The van der Waals surface area contributed by atoms with Crippen LogP contribution in [-0.2, 0) is 17.9 Å². The van der Waals surface area contributed by atoms with Crippen LogP contribution in [0.25, 0.3) is 0 Å². The molecule has 1 aromatic carbocycles. The van der Waals surface area contributed by atoms with E-state index < -0.39 is 0 Å². The van der Waals surface area contributed by atoms with Gasteiger partial charge in [-0.15, -0.1) is 0 Å². The number of aromatic nitrogens is 4. The standard InChI is InChI=1S/C20H22Cl3N5O/c1-11(9-28-14(4)19(23)13(3)25-28)20(29)24-18-7-12(2)27(26-18)10-15-5-6-16(21)8-17(15)22/h5-8,11H,9-10H2,1-4H3,(H,24,26,29). The lowest BCUT2D eigenvalue weighted by Gasteiger charge is -2.12. The summed E-state index contributed by atoms with van der Waals surface area (Å²) in [5, 5.41) is 13.5. The summed E-state index contributed by atoms with van der Waals surface area (Å²) in [7, 11) is 0. The van der Waals surface area contributed by atoms with E-state index in [-0.39, 0.29) is 11.8 Å². The molecule has 0 aliphatic rings. The Morgan fingerprint density at radius 2 is 1.83 bits per heavy atom. The Labute approximate surface area is 184 Å². The third-order valence-corrected chi connectivity index (χ3v) is 5.89. The Morgan fingerprint density at radius 3 is 2.45 bits per heavy atom. The number of anilines is 1. The van der Waals surface area contributed by atoms with Crippen molar-refractivity contribution in [3.05, 3.63) is 62.0 Å². The van der Waals surface area contributed by atoms with Crippen molar-refractivity contribution in [3.63, 3.8) is 0 Å². The number of halogens is 3. The molecule has 6 nitrogen and oxygen atoms in total. The van der Waals surface area contributed by atoms with Crippen LogP contribution in [0.1, 0.15) is 29.6 Å². The second-order valence-corrected chi connectivity index (χ2v) is 8.34. The zero-order chi connectivity index (χ0) is 21.3. The molecule has 3 aromatic rings. The lowest BCUT2D eigenvalue weighted by atomic mass is 10.1. The average molecular weight is 455 g/mol. The molecule has 1 N–H and O–H groups in total. The number of rotatable bonds is 6. The quantitative estimate of drug-likeness (QED) is 0.550. The van der Waals surface area contributed by atoms with E-state index in [0.717, 1.165) is 22.6 Å². The van der Waals surface area contributed by atoms with Crippen LogP contribution in [0.4, 0.5) is 5.82 Å². The number of nitrogens with zero attached hydrogens (tertiary/aromatic N) is 4. The number of carbonyl (C=O) groups is 1. The molecule has 0 saturated carbocycles. The minimum Gasteiger partial charge on any atom is -0.309 e. The third-order valence-electron chi connectivity index (χ3n) is 4.76. The molecule has 1 atom stereocenters. The minimum atomic E-state index is -0.305. The van der Waals surface area contributed by atoms with E-state index in [4.69, 9.17) is 34.8 Å². The van der Waals surface area contributed by atoms with Gasteiger partial charge in [0.15, 0.2) is 5.82 Å². The van der Waals surface area contributed by atoms with E-state index in [9.17, 15) is 4.79 Å². The number of aryl methyl sites for hydroxylation is 2. The van der Waals surface area contributed by atoms with Crippen LogP contribution >= 0.6 is 34.8 Å². The van der Waals surface area contributed by atoms with E-state index in [0.29, 0.717) is 34.0 Å². The summed E-state index contributed by atoms with van der Waals surface area (Å²) in [6, 6.07) is 7.18. The van der Waals surface area contributed by atoms with Gasteiger partial charge in [-0.1, -0.05) is 47.8 Å². The summed E-state index contributed by atoms with van der Waals surface area (Å²) >= 11 is 18.4. The van der Waals surface area contributed by atoms with E-state index in [1.165, 1.54) is 0 Å². The Bertz CT molecular complexity index is 1060. The van der Waals surface area contributed by atoms with Crippen molar-refractivity contribution in [3.8, 4) is 0 Å². The third kappa shape index (κ3) is 4.94. The first-order chi connectivity index (χ1) is 13.7. The predicted molar refractivity (Wildman–Crippen MR) is 117 cm³/mol. The van der Waals surface area contributed by atoms with Gasteiger partial charge < -0.3 is 5.32 Å². The second kappa shape index (κ2) is 8.78. The molecular formula is C20H22Cl3N5O. The van der Waals surface area contributed by atoms with Gasteiger partial charge in [0.25, 0.3) is 0 Å². The molecular weight excluding hydrogens is 433 g/mol. The molecule has 0 aliphatic heterocycles. The van der Waals surface area contributed by atoms with Crippen LogP contribution in [-0.4, -0.2) is 25.5 Å². The lowest BCUT2D eigenvalue weighted by Crippen LogP contribution is -2.25. The molecule has 9 heteroatoms. The Hall–Kier alpha value is -2.02. The van der Waals surface area contributed by atoms with Crippen molar-refractivity contribution in [2.75, 3.05) is 5.32 Å². The molecule has 154 valence electrons. The molecule has 29 heavy (non-hydrogen) atoms. The van der Waals surface area contributed by atoms with Gasteiger partial charge in [-0.2, -0.15) is 10.2 Å². The van der Waals surface area contributed by atoms with Gasteiger partial charge in [0.05, 0.1) is 35.4 Å². The average Bonchev–Trinajstić information content (AvgIpc) is 3.11. The molecule has 0 bridgehead atoms. The van der Waals surface area contributed by atoms with Crippen molar-refractivity contribution in [1.82, 2.24) is 19.6 Å². The topological polar surface area (TPSA) is 64.7 Å². The maximum absolute atomic E-state index is 12.6. The van der Waals surface area contributed by atoms with Gasteiger partial charge in [0, 0.05) is 21.8 Å². The van der Waals surface area contributed by atoms with Crippen LogP contribution in [0.5, 0.6) is 0 Å². The zero-order valence-corrected chi connectivity index (χ0v) is 18.9. The summed E-state index contributed by atoms with van der Waals surface area (Å²) in [6.45, 7) is 8.42. The lowest BCUT2D eigenvalue weighted by molar-refractivity contribution is -0.119. The van der Waals surface area contributed by atoms with Crippen LogP contribution in [0.3, 0.4) is 0 Å². The smallest absolute Gasteiger partial charge is 0.230 e. The van der Waals surface area contributed by atoms with Crippen LogP contribution in [0.2, 0.25) is 15.1 Å². The summed E-state index contributed by atoms with van der Waals surface area (Å²) in [6.07, 6.45) is 0. The normalized spacial score (nSPS) is 12.2. The molecule has 1 unspecified atom stereocenters. The molecule has 0 saturated heterocycles. The molecule has 0 fully saturated rings. The first-order valence-electron chi connectivity index (χ1n) is 9.14. The molecule has 1 amide bonds. The van der Waals surface area contributed by atoms with E-state index in [1.54, 1.807) is 21.5 Å². The Kier molecular flexibility index (Phi) is 6.56. The monoisotopic (exact) mass is 453 g/mol. The summed E-state index contributed by atoms with van der Waals surface area (Å²) in [4.78, 5) is 12.6. The number of carbonyl (C=O) groups excluding carboxylic acids is 1. The van der Waals surface area contributed by atoms with Crippen LogP contribution < -0.4 is 5.32 Å². The molecule has 0 spiro atoms. The van der Waals surface area contributed by atoms with Gasteiger partial charge in [0.2, 0.25) is 5.91 Å². The predicted octanol–water partition coefficient (Wildman–Crippen LogP) is 5.29. The van der Waals surface area contributed by atoms with E-state index in [2.05, 4.69) is 15.5 Å². The van der Waals surface area contributed by atoms with Crippen molar-refractivity contribution in [1.29, 1.82) is 0 Å². The molecule has 2 aromatic heterocycles. The fraction of sp³-hybridized carbons (Fsp3) is 0.350. The number of benzene rings is 1. The second-order valence-electron chi connectivity index (χ2n) is 7.12. The summed E-state index contributed by atoms with van der Waals surface area (Å²) in [5.41, 5.74) is 3.41. The van der Waals surface area contributed by atoms with Gasteiger partial charge in [-0.3, -0.25) is 14.2 Å². The van der Waals surface area contributed by atoms with Gasteiger partial charge >= 0.3 is 0 Å². The highest BCUT2D eigenvalue weighted by atomic mass is 35.5. The highest BCUT2D eigenvalue weighted by molar-refractivity contribution is 6.35. The number of hydrogen-bond acceptors (Lipinski definition) is 3. The zero-order valence-electron chi connectivity index (χ0n) is 16.6.